The molecule has 0 radical (unpaired) electrons. The van der Waals surface area contributed by atoms with Crippen LogP contribution in [0.2, 0.25) is 0 Å². The number of unbranched alkanes of at least 4 members (excludes halogenated alkanes) is 12. The number of rotatable bonds is 18. The molecule has 0 saturated heterocycles. The minimum atomic E-state index is 0.337. The van der Waals surface area contributed by atoms with Crippen molar-refractivity contribution in [3.63, 3.8) is 0 Å². The Morgan fingerprint density at radius 2 is 0.870 bits per heavy atom. The van der Waals surface area contributed by atoms with Crippen LogP contribution in [0, 0.1) is 0 Å². The van der Waals surface area contributed by atoms with Gasteiger partial charge in [0.2, 0.25) is 0 Å². The largest absolute Gasteiger partial charge is 0.391 e. The van der Waals surface area contributed by atoms with E-state index >= 15 is 0 Å². The Balaban J connectivity index is 3.69. The molecule has 23 heavy (non-hydrogen) atoms. The highest BCUT2D eigenvalue weighted by Crippen LogP contribution is 2.14. The van der Waals surface area contributed by atoms with Gasteiger partial charge in [-0.3, -0.25) is 0 Å². The van der Waals surface area contributed by atoms with Crippen molar-refractivity contribution in [2.24, 2.45) is 0 Å². The molecule has 0 aliphatic rings. The molecule has 2 heteroatoms. The molecule has 0 spiro atoms. The van der Waals surface area contributed by atoms with Crippen LogP contribution in [0.1, 0.15) is 104 Å². The summed E-state index contributed by atoms with van der Waals surface area (Å²) in [5.74, 6) is 0. The van der Waals surface area contributed by atoms with Crippen molar-refractivity contribution in [2.45, 2.75) is 104 Å². The van der Waals surface area contributed by atoms with Gasteiger partial charge in [0, 0.05) is 0 Å². The average molecular weight is 329 g/mol. The standard InChI is InChI=1S/C21H46NO/c1-4-6-8-10-12-14-16-18-22(3,20-21-23)19-17-15-13-11-9-7-5-2/h23H,4-21H2,1-3H3/q+1. The molecule has 1 N–H and O–H groups in total. The summed E-state index contributed by atoms with van der Waals surface area (Å²) in [5, 5.41) is 9.39. The summed E-state index contributed by atoms with van der Waals surface area (Å²) in [5.41, 5.74) is 0. The van der Waals surface area contributed by atoms with E-state index in [0.717, 1.165) is 11.0 Å². The monoisotopic (exact) mass is 328 g/mol. The lowest BCUT2D eigenvalue weighted by Gasteiger charge is -2.34. The van der Waals surface area contributed by atoms with Gasteiger partial charge in [-0.1, -0.05) is 78.1 Å². The fourth-order valence-corrected chi connectivity index (χ4v) is 3.48. The number of hydrogen-bond donors (Lipinski definition) is 1. The second kappa shape index (κ2) is 16.8. The SMILES string of the molecule is CCCCCCCCC[N+](C)(CCO)CCCCCCCCC. The van der Waals surface area contributed by atoms with E-state index in [1.54, 1.807) is 0 Å². The Morgan fingerprint density at radius 1 is 0.522 bits per heavy atom. The summed E-state index contributed by atoms with van der Waals surface area (Å²) in [6.45, 7) is 8.34. The van der Waals surface area contributed by atoms with E-state index in [1.807, 2.05) is 0 Å². The van der Waals surface area contributed by atoms with Crippen LogP contribution in [0.5, 0.6) is 0 Å². The van der Waals surface area contributed by atoms with Gasteiger partial charge in [-0.15, -0.1) is 0 Å². The highest BCUT2D eigenvalue weighted by atomic mass is 16.3. The Kier molecular flexibility index (Phi) is 16.7. The molecule has 0 saturated carbocycles. The molecule has 0 unspecified atom stereocenters. The van der Waals surface area contributed by atoms with Crippen LogP contribution in [-0.2, 0) is 0 Å². The summed E-state index contributed by atoms with van der Waals surface area (Å²) in [6.07, 6.45) is 19.3. The lowest BCUT2D eigenvalue weighted by Crippen LogP contribution is -2.47. The van der Waals surface area contributed by atoms with Gasteiger partial charge in [-0.25, -0.2) is 0 Å². The van der Waals surface area contributed by atoms with Crippen LogP contribution >= 0.6 is 0 Å². The molecule has 0 aliphatic carbocycles. The van der Waals surface area contributed by atoms with Crippen molar-refractivity contribution in [1.82, 2.24) is 0 Å². The van der Waals surface area contributed by atoms with E-state index in [0.29, 0.717) is 6.61 Å². The van der Waals surface area contributed by atoms with Crippen LogP contribution in [0.3, 0.4) is 0 Å². The molecule has 0 atom stereocenters. The number of hydrogen-bond acceptors (Lipinski definition) is 1. The van der Waals surface area contributed by atoms with Crippen LogP contribution in [0.25, 0.3) is 0 Å². The van der Waals surface area contributed by atoms with Crippen LogP contribution in [0.4, 0.5) is 0 Å². The molecule has 0 rings (SSSR count). The second-order valence-electron chi connectivity index (χ2n) is 7.76. The quantitative estimate of drug-likeness (QED) is 0.244. The molecule has 0 aromatic carbocycles. The molecule has 0 heterocycles. The number of aliphatic hydroxyl groups excluding tert-OH is 1. The van der Waals surface area contributed by atoms with Crippen LogP contribution in [-0.4, -0.2) is 42.9 Å². The fourth-order valence-electron chi connectivity index (χ4n) is 3.48. The van der Waals surface area contributed by atoms with Crippen molar-refractivity contribution >= 4 is 0 Å². The van der Waals surface area contributed by atoms with Gasteiger partial charge in [-0.05, 0) is 25.7 Å². The topological polar surface area (TPSA) is 20.2 Å². The van der Waals surface area contributed by atoms with Gasteiger partial charge in [0.15, 0.2) is 0 Å². The van der Waals surface area contributed by atoms with Crippen molar-refractivity contribution in [1.29, 1.82) is 0 Å². The molecule has 0 bridgehead atoms. The van der Waals surface area contributed by atoms with E-state index in [4.69, 9.17) is 0 Å². The molecule has 0 amide bonds. The summed E-state index contributed by atoms with van der Waals surface area (Å²) >= 11 is 0. The predicted octanol–water partition coefficient (Wildman–Crippen LogP) is 5.93. The van der Waals surface area contributed by atoms with E-state index in [9.17, 15) is 5.11 Å². The molecule has 2 nitrogen and oxygen atoms in total. The van der Waals surface area contributed by atoms with Gasteiger partial charge in [0.25, 0.3) is 0 Å². The van der Waals surface area contributed by atoms with Crippen molar-refractivity contribution in [2.75, 3.05) is 33.3 Å². The molecule has 140 valence electrons. The first-order valence-corrected chi connectivity index (χ1v) is 10.6. The van der Waals surface area contributed by atoms with Crippen LogP contribution < -0.4 is 0 Å². The molecular weight excluding hydrogens is 282 g/mol. The molecule has 0 aromatic heterocycles. The summed E-state index contributed by atoms with van der Waals surface area (Å²) in [7, 11) is 2.35. The van der Waals surface area contributed by atoms with E-state index in [1.165, 1.54) is 103 Å². The van der Waals surface area contributed by atoms with Crippen molar-refractivity contribution < 1.29 is 9.59 Å². The maximum Gasteiger partial charge on any atom is 0.102 e. The van der Waals surface area contributed by atoms with Gasteiger partial charge < -0.3 is 9.59 Å². The van der Waals surface area contributed by atoms with Gasteiger partial charge in [0.05, 0.1) is 26.7 Å². The predicted molar refractivity (Wildman–Crippen MR) is 104 cm³/mol. The van der Waals surface area contributed by atoms with Crippen molar-refractivity contribution in [3.05, 3.63) is 0 Å². The van der Waals surface area contributed by atoms with Gasteiger partial charge in [-0.2, -0.15) is 0 Å². The maximum atomic E-state index is 9.39. The summed E-state index contributed by atoms with van der Waals surface area (Å²) in [6, 6.07) is 0. The number of aliphatic hydroxyl groups is 1. The minimum Gasteiger partial charge on any atom is -0.391 e. The van der Waals surface area contributed by atoms with E-state index in [-0.39, 0.29) is 0 Å². The first-order chi connectivity index (χ1) is 11.2. The van der Waals surface area contributed by atoms with Gasteiger partial charge in [0.1, 0.15) is 6.54 Å². The molecule has 0 aromatic rings. The van der Waals surface area contributed by atoms with Gasteiger partial charge >= 0.3 is 0 Å². The Labute approximate surface area is 147 Å². The Bertz CT molecular complexity index is 212. The number of nitrogens with zero attached hydrogens (tertiary/aromatic N) is 1. The van der Waals surface area contributed by atoms with Crippen molar-refractivity contribution in [3.8, 4) is 0 Å². The third-order valence-corrected chi connectivity index (χ3v) is 5.24. The molecule has 0 fully saturated rings. The zero-order chi connectivity index (χ0) is 17.2. The third kappa shape index (κ3) is 15.2. The van der Waals surface area contributed by atoms with Crippen LogP contribution in [0.15, 0.2) is 0 Å². The normalized spacial score (nSPS) is 12.0. The highest BCUT2D eigenvalue weighted by Gasteiger charge is 2.19. The zero-order valence-electron chi connectivity index (χ0n) is 16.6. The summed E-state index contributed by atoms with van der Waals surface area (Å²) in [4.78, 5) is 0. The Morgan fingerprint density at radius 3 is 1.22 bits per heavy atom. The first-order valence-electron chi connectivity index (χ1n) is 10.6. The summed E-state index contributed by atoms with van der Waals surface area (Å²) < 4.78 is 1.08. The smallest absolute Gasteiger partial charge is 0.102 e. The first kappa shape index (κ1) is 22.9. The molecular formula is C21H46NO+. The minimum absolute atomic E-state index is 0.337. The number of quaternary nitrogens is 1. The average Bonchev–Trinajstić information content (AvgIpc) is 2.53. The molecule has 0 aliphatic heterocycles. The van der Waals surface area contributed by atoms with E-state index < -0.39 is 0 Å². The Hall–Kier alpha value is -0.0800. The number of likely N-dealkylation sites (N-methyl/N-ethyl adjacent to an activating group) is 1. The lowest BCUT2D eigenvalue weighted by molar-refractivity contribution is -0.910. The highest BCUT2D eigenvalue weighted by molar-refractivity contribution is 4.49. The fraction of sp³-hybridized carbons (Fsp3) is 1.00. The lowest BCUT2D eigenvalue weighted by atomic mass is 10.1. The zero-order valence-corrected chi connectivity index (χ0v) is 16.6. The van der Waals surface area contributed by atoms with E-state index in [2.05, 4.69) is 20.9 Å². The third-order valence-electron chi connectivity index (χ3n) is 5.24. The maximum absolute atomic E-state index is 9.39. The second-order valence-corrected chi connectivity index (χ2v) is 7.76.